The molecule has 0 radical (unpaired) electrons. The van der Waals surface area contributed by atoms with Gasteiger partial charge < -0.3 is 10.3 Å². The van der Waals surface area contributed by atoms with E-state index in [0.717, 1.165) is 62.3 Å². The summed E-state index contributed by atoms with van der Waals surface area (Å²) in [7, 11) is 0. The highest BCUT2D eigenvalue weighted by Crippen LogP contribution is 2.34. The lowest BCUT2D eigenvalue weighted by molar-refractivity contribution is 0.921. The first kappa shape index (κ1) is 22.6. The van der Waals surface area contributed by atoms with Crippen LogP contribution >= 0.6 is 11.3 Å². The number of hydrogen-bond donors (Lipinski definition) is 3. The van der Waals surface area contributed by atoms with Crippen LogP contribution in [0.15, 0.2) is 90.2 Å². The zero-order chi connectivity index (χ0) is 24.4. The maximum atomic E-state index is 4.61. The Hall–Kier alpha value is -4.23. The van der Waals surface area contributed by atoms with E-state index in [0.29, 0.717) is 5.65 Å². The van der Waals surface area contributed by atoms with Gasteiger partial charge in [0.1, 0.15) is 5.65 Å². The molecule has 0 aliphatic carbocycles. The molecule has 5 aromatic rings. The Kier molecular flexibility index (Phi) is 6.16. The maximum Gasteiger partial charge on any atom is 0.181 e. The molecular weight excluding hydrogens is 452 g/mol. The molecular formula is C28H26N6S. The number of H-pyrrole nitrogens is 2. The fraction of sp³-hybridized carbons (Fsp3) is 0.107. The number of aromatic nitrogens is 5. The summed E-state index contributed by atoms with van der Waals surface area (Å²) in [6.45, 7) is 12.0. The summed E-state index contributed by atoms with van der Waals surface area (Å²) < 4.78 is 0. The minimum Gasteiger partial charge on any atom is -0.359 e. The number of allylic oxidation sites excluding steroid dienone is 5. The van der Waals surface area contributed by atoms with Crippen LogP contribution in [0.4, 0.5) is 0 Å². The van der Waals surface area contributed by atoms with E-state index in [-0.39, 0.29) is 0 Å². The summed E-state index contributed by atoms with van der Waals surface area (Å²) in [5, 5.41) is 17.2. The fourth-order valence-corrected chi connectivity index (χ4v) is 4.69. The minimum absolute atomic E-state index is 0.661. The quantitative estimate of drug-likeness (QED) is 0.206. The topological polar surface area (TPSA) is 82.3 Å². The first-order chi connectivity index (χ1) is 17.1. The van der Waals surface area contributed by atoms with Gasteiger partial charge in [0.05, 0.1) is 11.4 Å². The number of nitrogens with zero attached hydrogens (tertiary/aromatic N) is 3. The van der Waals surface area contributed by atoms with Crippen LogP contribution in [0.2, 0.25) is 0 Å². The van der Waals surface area contributed by atoms with Gasteiger partial charge in [-0.3, -0.25) is 5.10 Å². The second-order valence-electron chi connectivity index (χ2n) is 8.14. The molecule has 0 aliphatic rings. The van der Waals surface area contributed by atoms with Crippen molar-refractivity contribution >= 4 is 39.0 Å². The number of nitrogens with one attached hydrogen (secondary N) is 3. The number of thiophene rings is 1. The Morgan fingerprint density at radius 2 is 2.09 bits per heavy atom. The zero-order valence-electron chi connectivity index (χ0n) is 19.7. The van der Waals surface area contributed by atoms with Crippen molar-refractivity contribution in [2.45, 2.75) is 20.3 Å². The van der Waals surface area contributed by atoms with E-state index in [1.807, 2.05) is 19.3 Å². The van der Waals surface area contributed by atoms with E-state index in [2.05, 4.69) is 97.7 Å². The molecule has 7 heteroatoms. The van der Waals surface area contributed by atoms with Gasteiger partial charge in [0.2, 0.25) is 0 Å². The molecule has 0 saturated carbocycles. The van der Waals surface area contributed by atoms with Gasteiger partial charge >= 0.3 is 0 Å². The third kappa shape index (κ3) is 4.34. The molecule has 0 unspecified atom stereocenters. The summed E-state index contributed by atoms with van der Waals surface area (Å²) in [6, 6.07) is 8.42. The number of aromatic amines is 2. The smallest absolute Gasteiger partial charge is 0.181 e. The summed E-state index contributed by atoms with van der Waals surface area (Å²) in [6.07, 6.45) is 10.4. The lowest BCUT2D eigenvalue weighted by atomic mass is 10.0. The highest BCUT2D eigenvalue weighted by atomic mass is 32.1. The van der Waals surface area contributed by atoms with Crippen molar-refractivity contribution in [2.75, 3.05) is 0 Å². The van der Waals surface area contributed by atoms with E-state index < -0.39 is 0 Å². The third-order valence-electron chi connectivity index (χ3n) is 5.97. The largest absolute Gasteiger partial charge is 0.359 e. The van der Waals surface area contributed by atoms with Crippen molar-refractivity contribution in [3.05, 3.63) is 95.8 Å². The van der Waals surface area contributed by atoms with Crippen LogP contribution < -0.4 is 5.32 Å². The highest BCUT2D eigenvalue weighted by Gasteiger charge is 2.15. The van der Waals surface area contributed by atoms with Crippen LogP contribution in [0, 0.1) is 0 Å². The molecule has 0 fully saturated rings. The van der Waals surface area contributed by atoms with Gasteiger partial charge in [-0.05, 0) is 77.2 Å². The Bertz CT molecular complexity index is 1600. The Balaban J connectivity index is 1.57. The van der Waals surface area contributed by atoms with Crippen LogP contribution in [0.1, 0.15) is 25.8 Å². The van der Waals surface area contributed by atoms with Crippen LogP contribution in [-0.4, -0.2) is 25.1 Å². The summed E-state index contributed by atoms with van der Waals surface area (Å²) in [5.74, 6) is 0. The first-order valence-corrected chi connectivity index (χ1v) is 12.4. The minimum atomic E-state index is 0.661. The monoisotopic (exact) mass is 478 g/mol. The fourth-order valence-electron chi connectivity index (χ4n) is 4.03. The second-order valence-corrected chi connectivity index (χ2v) is 8.92. The normalized spacial score (nSPS) is 12.4. The van der Waals surface area contributed by atoms with E-state index in [1.165, 1.54) is 5.56 Å². The average Bonchev–Trinajstić information content (AvgIpc) is 3.64. The molecule has 174 valence electrons. The summed E-state index contributed by atoms with van der Waals surface area (Å²) >= 11 is 1.69. The predicted molar refractivity (Wildman–Crippen MR) is 147 cm³/mol. The molecule has 3 N–H and O–H groups in total. The number of pyridine rings is 2. The van der Waals surface area contributed by atoms with E-state index in [4.69, 9.17) is 0 Å². The zero-order valence-corrected chi connectivity index (χ0v) is 20.5. The molecule has 0 amide bonds. The van der Waals surface area contributed by atoms with Crippen molar-refractivity contribution in [2.24, 2.45) is 0 Å². The van der Waals surface area contributed by atoms with Crippen molar-refractivity contribution in [3.8, 4) is 22.5 Å². The standard InChI is InChI=1S/C28H26N6S/c1-5-17(4)31-21(7-3)12-18(6-2)20-13-24-26(33-34-28(24)30-15-20)25-14-23-22(19-9-11-35-16-19)8-10-29-27(23)32-25/h6-16,31H,3-5H2,1-2H3,(H,29,32)(H,30,33,34)/b18-6+,21-12+. The number of fused-ring (bicyclic) bond motifs is 2. The van der Waals surface area contributed by atoms with E-state index in [9.17, 15) is 0 Å². The van der Waals surface area contributed by atoms with E-state index in [1.54, 1.807) is 17.4 Å². The van der Waals surface area contributed by atoms with Gasteiger partial charge in [0.25, 0.3) is 0 Å². The SMILES string of the molecule is C=C/C(=C\C(=C/C)c1cnc2n[nH]c(-c3cc4c(-c5ccsc5)ccnc4[nH]3)c2c1)NC(=C)CC. The van der Waals surface area contributed by atoms with Crippen molar-refractivity contribution in [1.82, 2.24) is 30.5 Å². The molecule has 0 saturated heterocycles. The maximum absolute atomic E-state index is 4.61. The van der Waals surface area contributed by atoms with Gasteiger partial charge in [-0.25, -0.2) is 9.97 Å². The van der Waals surface area contributed by atoms with Crippen LogP contribution in [0.25, 0.3) is 50.2 Å². The van der Waals surface area contributed by atoms with Gasteiger partial charge in [0.15, 0.2) is 5.65 Å². The molecule has 0 spiro atoms. The van der Waals surface area contributed by atoms with Crippen molar-refractivity contribution < 1.29 is 0 Å². The van der Waals surface area contributed by atoms with Crippen LogP contribution in [-0.2, 0) is 0 Å². The molecule has 0 aromatic carbocycles. The lowest BCUT2D eigenvalue weighted by Gasteiger charge is -2.10. The molecule has 6 nitrogen and oxygen atoms in total. The van der Waals surface area contributed by atoms with Gasteiger partial charge in [-0.15, -0.1) is 0 Å². The number of rotatable bonds is 8. The lowest BCUT2D eigenvalue weighted by Crippen LogP contribution is -2.09. The number of hydrogen-bond acceptors (Lipinski definition) is 5. The average molecular weight is 479 g/mol. The van der Waals surface area contributed by atoms with Crippen LogP contribution in [0.3, 0.4) is 0 Å². The molecule has 0 atom stereocenters. The Labute approximate surface area is 207 Å². The third-order valence-corrected chi connectivity index (χ3v) is 6.65. The summed E-state index contributed by atoms with van der Waals surface area (Å²) in [5.41, 5.74) is 9.47. The van der Waals surface area contributed by atoms with Gasteiger partial charge in [-0.1, -0.05) is 26.2 Å². The van der Waals surface area contributed by atoms with E-state index >= 15 is 0 Å². The molecule has 5 rings (SSSR count). The molecule has 0 bridgehead atoms. The van der Waals surface area contributed by atoms with Crippen LogP contribution in [0.5, 0.6) is 0 Å². The molecule has 5 aromatic heterocycles. The Morgan fingerprint density at radius 3 is 2.83 bits per heavy atom. The predicted octanol–water partition coefficient (Wildman–Crippen LogP) is 7.22. The summed E-state index contributed by atoms with van der Waals surface area (Å²) in [4.78, 5) is 12.6. The highest BCUT2D eigenvalue weighted by molar-refractivity contribution is 7.08. The second kappa shape index (κ2) is 9.56. The van der Waals surface area contributed by atoms with Gasteiger partial charge in [0, 0.05) is 40.1 Å². The van der Waals surface area contributed by atoms with Crippen molar-refractivity contribution in [3.63, 3.8) is 0 Å². The van der Waals surface area contributed by atoms with Crippen molar-refractivity contribution in [1.29, 1.82) is 0 Å². The van der Waals surface area contributed by atoms with Gasteiger partial charge in [-0.2, -0.15) is 16.4 Å². The Morgan fingerprint density at radius 1 is 1.20 bits per heavy atom. The first-order valence-electron chi connectivity index (χ1n) is 11.4. The molecule has 35 heavy (non-hydrogen) atoms. The molecule has 5 heterocycles. The molecule has 0 aliphatic heterocycles.